The molecule has 0 bridgehead atoms. The first-order valence-electron chi connectivity index (χ1n) is 2.72. The van der Waals surface area contributed by atoms with Gasteiger partial charge in [-0.15, -0.1) is 0 Å². The minimum atomic E-state index is -0.303. The summed E-state index contributed by atoms with van der Waals surface area (Å²) in [5, 5.41) is 6.28. The molecule has 2 amide bonds. The zero-order chi connectivity index (χ0) is 6.91. The van der Waals surface area contributed by atoms with Gasteiger partial charge >= 0.3 is 6.03 Å². The molecule has 0 radical (unpaired) electrons. The van der Waals surface area contributed by atoms with Crippen LogP contribution < -0.4 is 10.7 Å². The van der Waals surface area contributed by atoms with Gasteiger partial charge in [0.05, 0.1) is 5.54 Å². The van der Waals surface area contributed by atoms with Crippen molar-refractivity contribution in [1.29, 1.82) is 0 Å². The largest absolute Gasteiger partial charge is 0.335 e. The molecule has 0 atom stereocenters. The predicted octanol–water partition coefficient (Wildman–Crippen LogP) is 0.0636. The average molecular weight is 127 g/mol. The molecule has 4 heteroatoms. The maximum atomic E-state index is 10.5. The zero-order valence-corrected chi connectivity index (χ0v) is 5.43. The minimum absolute atomic E-state index is 0.248. The van der Waals surface area contributed by atoms with Crippen molar-refractivity contribution >= 4 is 12.2 Å². The molecule has 0 saturated carbocycles. The zero-order valence-electron chi connectivity index (χ0n) is 5.43. The third kappa shape index (κ3) is 1.42. The number of hydrazone groups is 1. The van der Waals surface area contributed by atoms with Gasteiger partial charge in [-0.1, -0.05) is 0 Å². The van der Waals surface area contributed by atoms with E-state index < -0.39 is 0 Å². The maximum absolute atomic E-state index is 10.5. The standard InChI is InChI=1S/C5H9N3O/c1-5(2)3-6-8-4(9)7-5/h3H,1-2H3,(H2,7,8,9). The number of hydrogen-bond acceptors (Lipinski definition) is 2. The summed E-state index contributed by atoms with van der Waals surface area (Å²) in [4.78, 5) is 10.5. The molecular formula is C5H9N3O. The Labute approximate surface area is 53.3 Å². The molecule has 0 aromatic heterocycles. The Morgan fingerprint density at radius 2 is 2.33 bits per heavy atom. The Morgan fingerprint density at radius 3 is 2.67 bits per heavy atom. The molecule has 1 heterocycles. The number of nitrogens with zero attached hydrogens (tertiary/aromatic N) is 1. The minimum Gasteiger partial charge on any atom is -0.327 e. The predicted molar refractivity (Wildman–Crippen MR) is 34.2 cm³/mol. The number of rotatable bonds is 0. The van der Waals surface area contributed by atoms with E-state index in [0.717, 1.165) is 0 Å². The van der Waals surface area contributed by atoms with E-state index in [1.54, 1.807) is 6.21 Å². The van der Waals surface area contributed by atoms with Crippen molar-refractivity contribution in [3.63, 3.8) is 0 Å². The molecule has 2 N–H and O–H groups in total. The van der Waals surface area contributed by atoms with E-state index in [9.17, 15) is 4.79 Å². The van der Waals surface area contributed by atoms with E-state index in [1.807, 2.05) is 13.8 Å². The van der Waals surface area contributed by atoms with Crippen molar-refractivity contribution in [3.05, 3.63) is 0 Å². The van der Waals surface area contributed by atoms with Crippen LogP contribution in [-0.2, 0) is 0 Å². The number of nitrogens with one attached hydrogen (secondary N) is 2. The summed E-state index contributed by atoms with van der Waals surface area (Å²) in [6.45, 7) is 3.74. The Hall–Kier alpha value is -1.06. The van der Waals surface area contributed by atoms with Gasteiger partial charge < -0.3 is 5.32 Å². The number of amides is 2. The van der Waals surface area contributed by atoms with Gasteiger partial charge in [0.15, 0.2) is 0 Å². The molecule has 0 aromatic carbocycles. The lowest BCUT2D eigenvalue weighted by molar-refractivity contribution is 0.234. The summed E-state index contributed by atoms with van der Waals surface area (Å²) in [6.07, 6.45) is 1.65. The fraction of sp³-hybridized carbons (Fsp3) is 0.600. The van der Waals surface area contributed by atoms with Crippen molar-refractivity contribution in [1.82, 2.24) is 10.7 Å². The van der Waals surface area contributed by atoms with Gasteiger partial charge in [0.1, 0.15) is 0 Å². The van der Waals surface area contributed by atoms with E-state index >= 15 is 0 Å². The van der Waals surface area contributed by atoms with Gasteiger partial charge in [0.2, 0.25) is 0 Å². The molecule has 0 saturated heterocycles. The second-order valence-electron chi connectivity index (χ2n) is 2.55. The third-order valence-electron chi connectivity index (χ3n) is 0.989. The van der Waals surface area contributed by atoms with Gasteiger partial charge in [-0.2, -0.15) is 5.10 Å². The molecular weight excluding hydrogens is 118 g/mol. The molecule has 1 rings (SSSR count). The number of carbonyl (C=O) groups is 1. The van der Waals surface area contributed by atoms with Crippen LogP contribution in [0.3, 0.4) is 0 Å². The highest BCUT2D eigenvalue weighted by atomic mass is 16.2. The molecule has 0 unspecified atom stereocenters. The maximum Gasteiger partial charge on any atom is 0.335 e. The molecule has 0 aliphatic carbocycles. The molecule has 0 fully saturated rings. The highest BCUT2D eigenvalue weighted by molar-refractivity contribution is 5.85. The van der Waals surface area contributed by atoms with Crippen molar-refractivity contribution in [2.45, 2.75) is 19.4 Å². The molecule has 0 spiro atoms. The summed E-state index contributed by atoms with van der Waals surface area (Å²) in [5.41, 5.74) is 1.95. The first-order valence-corrected chi connectivity index (χ1v) is 2.72. The Kier molecular flexibility index (Phi) is 1.16. The summed E-state index contributed by atoms with van der Waals surface area (Å²) >= 11 is 0. The van der Waals surface area contributed by atoms with Gasteiger partial charge in [0.25, 0.3) is 0 Å². The molecule has 1 aliphatic heterocycles. The quantitative estimate of drug-likeness (QED) is 0.475. The molecule has 9 heavy (non-hydrogen) atoms. The average Bonchev–Trinajstić information content (AvgIpc) is 1.60. The summed E-state index contributed by atoms with van der Waals surface area (Å²) in [6, 6.07) is -0.248. The summed E-state index contributed by atoms with van der Waals surface area (Å²) in [5.74, 6) is 0. The molecule has 4 nitrogen and oxygen atoms in total. The Morgan fingerprint density at radius 1 is 1.67 bits per heavy atom. The van der Waals surface area contributed by atoms with E-state index in [4.69, 9.17) is 0 Å². The first-order chi connectivity index (χ1) is 4.10. The van der Waals surface area contributed by atoms with Crippen LogP contribution in [0, 0.1) is 0 Å². The van der Waals surface area contributed by atoms with Gasteiger partial charge in [0, 0.05) is 6.21 Å². The number of carbonyl (C=O) groups excluding carboxylic acids is 1. The van der Waals surface area contributed by atoms with Crippen LogP contribution in [-0.4, -0.2) is 17.8 Å². The van der Waals surface area contributed by atoms with Crippen LogP contribution >= 0.6 is 0 Å². The van der Waals surface area contributed by atoms with E-state index in [1.165, 1.54) is 0 Å². The van der Waals surface area contributed by atoms with Crippen LogP contribution in [0.25, 0.3) is 0 Å². The smallest absolute Gasteiger partial charge is 0.327 e. The van der Waals surface area contributed by atoms with Crippen LogP contribution in [0.1, 0.15) is 13.8 Å². The second kappa shape index (κ2) is 1.72. The third-order valence-corrected chi connectivity index (χ3v) is 0.989. The highest BCUT2D eigenvalue weighted by Gasteiger charge is 2.20. The molecule has 1 aliphatic rings. The molecule has 50 valence electrons. The normalized spacial score (nSPS) is 22.7. The van der Waals surface area contributed by atoms with Crippen LogP contribution in [0.5, 0.6) is 0 Å². The van der Waals surface area contributed by atoms with E-state index in [0.29, 0.717) is 0 Å². The Balaban J connectivity index is 2.71. The number of hydrogen-bond donors (Lipinski definition) is 2. The second-order valence-corrected chi connectivity index (χ2v) is 2.55. The fourth-order valence-electron chi connectivity index (χ4n) is 0.605. The van der Waals surface area contributed by atoms with Crippen molar-refractivity contribution in [2.75, 3.05) is 0 Å². The highest BCUT2D eigenvalue weighted by Crippen LogP contribution is 1.99. The topological polar surface area (TPSA) is 53.5 Å². The monoisotopic (exact) mass is 127 g/mol. The van der Waals surface area contributed by atoms with Crippen LogP contribution in [0.4, 0.5) is 4.79 Å². The lowest BCUT2D eigenvalue weighted by Gasteiger charge is -2.23. The van der Waals surface area contributed by atoms with Gasteiger partial charge in [-0.05, 0) is 13.8 Å². The Bertz CT molecular complexity index is 162. The fourth-order valence-corrected chi connectivity index (χ4v) is 0.605. The van der Waals surface area contributed by atoms with Crippen molar-refractivity contribution in [3.8, 4) is 0 Å². The van der Waals surface area contributed by atoms with E-state index in [-0.39, 0.29) is 11.6 Å². The first kappa shape index (κ1) is 6.07. The summed E-state index contributed by atoms with van der Waals surface area (Å²) < 4.78 is 0. The van der Waals surface area contributed by atoms with Crippen LogP contribution in [0.15, 0.2) is 5.10 Å². The van der Waals surface area contributed by atoms with Gasteiger partial charge in [-0.3, -0.25) is 0 Å². The number of urea groups is 1. The van der Waals surface area contributed by atoms with Crippen LogP contribution in [0.2, 0.25) is 0 Å². The van der Waals surface area contributed by atoms with Crippen molar-refractivity contribution < 1.29 is 4.79 Å². The van der Waals surface area contributed by atoms with Gasteiger partial charge in [-0.25, -0.2) is 10.2 Å². The lowest BCUT2D eigenvalue weighted by Crippen LogP contribution is -2.52. The SMILES string of the molecule is CC1(C)C=NNC(=O)N1. The molecule has 0 aromatic rings. The lowest BCUT2D eigenvalue weighted by atomic mass is 10.1. The summed E-state index contributed by atoms with van der Waals surface area (Å²) in [7, 11) is 0. The van der Waals surface area contributed by atoms with Crippen molar-refractivity contribution in [2.24, 2.45) is 5.10 Å². The van der Waals surface area contributed by atoms with E-state index in [2.05, 4.69) is 15.8 Å².